The number of methoxy groups -OCH3 is 1. The second kappa shape index (κ2) is 7.47. The molecule has 1 atom stereocenters. The summed E-state index contributed by atoms with van der Waals surface area (Å²) in [7, 11) is 0.908. The Kier molecular flexibility index (Phi) is 5.64. The molecule has 0 saturated carbocycles. The number of hydrogen-bond donors (Lipinski definition) is 0. The van der Waals surface area contributed by atoms with Gasteiger partial charge >= 0.3 is 0 Å². The zero-order valence-corrected chi connectivity index (χ0v) is 21.2. The molecule has 0 spiro atoms. The van der Waals surface area contributed by atoms with Crippen molar-refractivity contribution in [2.75, 3.05) is 7.11 Å². The van der Waals surface area contributed by atoms with Crippen molar-refractivity contribution in [3.05, 3.63) is 58.2 Å². The molecule has 0 fully saturated rings. The van der Waals surface area contributed by atoms with Crippen LogP contribution in [0.4, 0.5) is 0 Å². The van der Waals surface area contributed by atoms with Crippen molar-refractivity contribution in [2.24, 2.45) is 0 Å². The monoisotopic (exact) mass is 406 g/mol. The first kappa shape index (κ1) is 21.9. The highest BCUT2D eigenvalue weighted by Crippen LogP contribution is 2.47. The highest BCUT2D eigenvalue weighted by Gasteiger charge is 2.31. The van der Waals surface area contributed by atoms with Gasteiger partial charge in [-0.2, -0.15) is 0 Å². The zero-order chi connectivity index (χ0) is 21.7. The van der Waals surface area contributed by atoms with Crippen molar-refractivity contribution in [3.63, 3.8) is 0 Å². The Morgan fingerprint density at radius 1 is 0.862 bits per heavy atom. The summed E-state index contributed by atoms with van der Waals surface area (Å²) in [6.45, 7) is 21.0. The molecule has 0 bridgehead atoms. The largest absolute Gasteiger partial charge is 0.496 e. The normalized spacial score (nSPS) is 16.8. The van der Waals surface area contributed by atoms with E-state index in [1.54, 1.807) is 7.11 Å². The first-order chi connectivity index (χ1) is 13.3. The first-order valence-corrected chi connectivity index (χ1v) is 13.9. The van der Waals surface area contributed by atoms with Crippen LogP contribution in [0.15, 0.2) is 35.9 Å². The maximum absolute atomic E-state index is 5.82. The molecule has 2 heteroatoms. The molecule has 0 saturated heterocycles. The molecule has 1 aliphatic carbocycles. The molecule has 2 aromatic carbocycles. The SMILES string of the molecule is COc1ccc(-c2cc(C(C)(C)C)cc(C(C)(C)C)c2)c2c1C([SiH](C)C)C(C)=C2. The van der Waals surface area contributed by atoms with Crippen LogP contribution in [0.5, 0.6) is 5.75 Å². The van der Waals surface area contributed by atoms with Crippen molar-refractivity contribution >= 4 is 14.9 Å². The summed E-state index contributed by atoms with van der Waals surface area (Å²) >= 11 is 0. The van der Waals surface area contributed by atoms with E-state index in [1.807, 2.05) is 0 Å². The fourth-order valence-corrected chi connectivity index (χ4v) is 6.73. The van der Waals surface area contributed by atoms with Crippen molar-refractivity contribution in [3.8, 4) is 16.9 Å². The predicted molar refractivity (Wildman–Crippen MR) is 131 cm³/mol. The lowest BCUT2D eigenvalue weighted by atomic mass is 9.78. The highest BCUT2D eigenvalue weighted by atomic mass is 28.3. The molecule has 0 N–H and O–H groups in total. The minimum Gasteiger partial charge on any atom is -0.496 e. The highest BCUT2D eigenvalue weighted by molar-refractivity contribution is 6.59. The summed E-state index contributed by atoms with van der Waals surface area (Å²) in [6.07, 6.45) is 2.42. The third-order valence-electron chi connectivity index (χ3n) is 6.28. The average Bonchev–Trinajstić information content (AvgIpc) is 2.96. The van der Waals surface area contributed by atoms with Crippen LogP contribution < -0.4 is 4.74 Å². The van der Waals surface area contributed by atoms with Crippen LogP contribution in [-0.2, 0) is 10.8 Å². The van der Waals surface area contributed by atoms with Crippen LogP contribution in [0.3, 0.4) is 0 Å². The quantitative estimate of drug-likeness (QED) is 0.480. The summed E-state index contributed by atoms with van der Waals surface area (Å²) in [5.74, 6) is 1.05. The van der Waals surface area contributed by atoms with E-state index in [0.717, 1.165) is 5.75 Å². The van der Waals surface area contributed by atoms with Gasteiger partial charge in [0.15, 0.2) is 0 Å². The van der Waals surface area contributed by atoms with Crippen LogP contribution in [0.1, 0.15) is 76.3 Å². The third-order valence-corrected chi connectivity index (χ3v) is 8.48. The Balaban J connectivity index is 2.31. The molecule has 0 heterocycles. The second-order valence-corrected chi connectivity index (χ2v) is 14.2. The van der Waals surface area contributed by atoms with Gasteiger partial charge in [-0.15, -0.1) is 0 Å². The Morgan fingerprint density at radius 2 is 1.41 bits per heavy atom. The lowest BCUT2D eigenvalue weighted by molar-refractivity contribution is 0.410. The molecule has 0 radical (unpaired) electrons. The standard InChI is InChI=1S/C27H38OSi/c1-17-13-22-21(11-12-23(28-8)24(22)25(17)29(9)10)18-14-19(26(2,3)4)16-20(15-18)27(5,6)7/h11-16,25,29H,1-10H3. The summed E-state index contributed by atoms with van der Waals surface area (Å²) in [6, 6.07) is 11.7. The number of allylic oxidation sites excluding steroid dienone is 1. The van der Waals surface area contributed by atoms with Gasteiger partial charge in [-0.05, 0) is 51.6 Å². The molecule has 156 valence electrons. The third kappa shape index (κ3) is 4.10. The van der Waals surface area contributed by atoms with Crippen LogP contribution in [0, 0.1) is 0 Å². The van der Waals surface area contributed by atoms with E-state index in [9.17, 15) is 0 Å². The van der Waals surface area contributed by atoms with Crippen molar-refractivity contribution < 1.29 is 4.74 Å². The maximum Gasteiger partial charge on any atom is 0.122 e. The number of fused-ring (bicyclic) bond motifs is 1. The lowest BCUT2D eigenvalue weighted by Crippen LogP contribution is -2.17. The molecule has 2 aromatic rings. The zero-order valence-electron chi connectivity index (χ0n) is 20.0. The van der Waals surface area contributed by atoms with E-state index < -0.39 is 8.80 Å². The number of benzene rings is 2. The maximum atomic E-state index is 5.82. The number of ether oxygens (including phenoxy) is 1. The van der Waals surface area contributed by atoms with Gasteiger partial charge in [0.2, 0.25) is 0 Å². The van der Waals surface area contributed by atoms with Crippen molar-refractivity contribution in [2.45, 2.75) is 77.9 Å². The molecular formula is C27H38OSi. The van der Waals surface area contributed by atoms with Gasteiger partial charge in [0.1, 0.15) is 5.75 Å². The van der Waals surface area contributed by atoms with Gasteiger partial charge in [0.05, 0.1) is 7.11 Å². The molecule has 0 aliphatic heterocycles. The van der Waals surface area contributed by atoms with E-state index in [2.05, 4.69) is 98.0 Å². The minimum absolute atomic E-state index is 0.116. The fourth-order valence-electron chi connectivity index (χ4n) is 4.58. The predicted octanol–water partition coefficient (Wildman–Crippen LogP) is 7.48. The van der Waals surface area contributed by atoms with Gasteiger partial charge in [0.25, 0.3) is 0 Å². The Bertz CT molecular complexity index is 919. The van der Waals surface area contributed by atoms with E-state index in [4.69, 9.17) is 4.74 Å². The van der Waals surface area contributed by atoms with E-state index in [0.29, 0.717) is 5.54 Å². The van der Waals surface area contributed by atoms with Crippen molar-refractivity contribution in [1.82, 2.24) is 0 Å². The van der Waals surface area contributed by atoms with Gasteiger partial charge in [0, 0.05) is 19.9 Å². The molecule has 29 heavy (non-hydrogen) atoms. The number of rotatable bonds is 3. The summed E-state index contributed by atoms with van der Waals surface area (Å²) in [5.41, 5.74) is 10.6. The Morgan fingerprint density at radius 3 is 1.86 bits per heavy atom. The Hall–Kier alpha value is -1.80. The first-order valence-electron chi connectivity index (χ1n) is 10.9. The van der Waals surface area contributed by atoms with E-state index >= 15 is 0 Å². The lowest BCUT2D eigenvalue weighted by Gasteiger charge is -2.27. The van der Waals surface area contributed by atoms with Crippen molar-refractivity contribution in [1.29, 1.82) is 0 Å². The fraction of sp³-hybridized carbons (Fsp3) is 0.481. The van der Waals surface area contributed by atoms with Gasteiger partial charge < -0.3 is 4.74 Å². The Labute approximate surface area is 179 Å². The molecule has 0 amide bonds. The summed E-state index contributed by atoms with van der Waals surface area (Å²) < 4.78 is 5.82. The average molecular weight is 407 g/mol. The molecular weight excluding hydrogens is 368 g/mol. The molecule has 0 aromatic heterocycles. The van der Waals surface area contributed by atoms with E-state index in [-0.39, 0.29) is 10.8 Å². The minimum atomic E-state index is -0.897. The summed E-state index contributed by atoms with van der Waals surface area (Å²) in [4.78, 5) is 0. The van der Waals surface area contributed by atoms with Crippen LogP contribution >= 0.6 is 0 Å². The topological polar surface area (TPSA) is 9.23 Å². The number of hydrogen-bond acceptors (Lipinski definition) is 1. The van der Waals surface area contributed by atoms with Crippen LogP contribution in [0.25, 0.3) is 17.2 Å². The molecule has 1 unspecified atom stereocenters. The van der Waals surface area contributed by atoms with Gasteiger partial charge in [-0.25, -0.2) is 0 Å². The molecule has 1 aliphatic rings. The molecule has 3 rings (SSSR count). The second-order valence-electron chi connectivity index (χ2n) is 11.1. The van der Waals surface area contributed by atoms with Crippen LogP contribution in [-0.4, -0.2) is 15.9 Å². The van der Waals surface area contributed by atoms with Gasteiger partial charge in [-0.1, -0.05) is 90.6 Å². The van der Waals surface area contributed by atoms with E-state index in [1.165, 1.54) is 39.0 Å². The van der Waals surface area contributed by atoms with Gasteiger partial charge in [-0.3, -0.25) is 0 Å². The van der Waals surface area contributed by atoms with Crippen LogP contribution in [0.2, 0.25) is 13.1 Å². The smallest absolute Gasteiger partial charge is 0.122 e. The molecule has 1 nitrogen and oxygen atoms in total. The summed E-state index contributed by atoms with van der Waals surface area (Å²) in [5, 5.41) is 0.